The van der Waals surface area contributed by atoms with Crippen LogP contribution in [0.15, 0.2) is 0 Å². The number of hydrogen-bond acceptors (Lipinski definition) is 8. The lowest BCUT2D eigenvalue weighted by atomic mass is 10.1. The number of rotatable bonds is 4. The maximum atomic E-state index is 11.5. The van der Waals surface area contributed by atoms with Crippen LogP contribution in [0.3, 0.4) is 0 Å². The number of ether oxygens (including phenoxy) is 4. The van der Waals surface area contributed by atoms with Gasteiger partial charge < -0.3 is 18.9 Å². The molecule has 1 fully saturated rings. The van der Waals surface area contributed by atoms with Crippen LogP contribution in [0.25, 0.3) is 0 Å². The van der Waals surface area contributed by atoms with Crippen molar-refractivity contribution in [2.45, 2.75) is 39.1 Å². The van der Waals surface area contributed by atoms with E-state index in [1.165, 1.54) is 6.92 Å². The zero-order valence-corrected chi connectivity index (χ0v) is 10.7. The van der Waals surface area contributed by atoms with E-state index in [1.54, 1.807) is 0 Å². The molecule has 106 valence electrons. The molecule has 0 aromatic carbocycles. The van der Waals surface area contributed by atoms with E-state index < -0.39 is 42.2 Å². The largest absolute Gasteiger partial charge is 0.462 e. The number of cyclic esters (lactones) is 1. The minimum atomic E-state index is -1.35. The van der Waals surface area contributed by atoms with Crippen LogP contribution in [0.2, 0.25) is 0 Å². The molecule has 1 heterocycles. The predicted octanol–water partition coefficient (Wildman–Crippen LogP) is -0.662. The van der Waals surface area contributed by atoms with Gasteiger partial charge in [-0.1, -0.05) is 0 Å². The summed E-state index contributed by atoms with van der Waals surface area (Å²) < 4.78 is 19.2. The second-order valence-electron chi connectivity index (χ2n) is 3.88. The monoisotopic (exact) mass is 274 g/mol. The summed E-state index contributed by atoms with van der Waals surface area (Å²) >= 11 is 0. The Morgan fingerprint density at radius 3 is 2.11 bits per heavy atom. The van der Waals surface area contributed by atoms with Gasteiger partial charge >= 0.3 is 23.9 Å². The van der Waals surface area contributed by atoms with E-state index in [4.69, 9.17) is 18.9 Å². The van der Waals surface area contributed by atoms with Crippen LogP contribution in [0.5, 0.6) is 0 Å². The predicted molar refractivity (Wildman–Crippen MR) is 57.6 cm³/mol. The van der Waals surface area contributed by atoms with Gasteiger partial charge in [-0.2, -0.15) is 0 Å². The lowest BCUT2D eigenvalue weighted by molar-refractivity contribution is -0.166. The summed E-state index contributed by atoms with van der Waals surface area (Å²) in [5.74, 6) is -2.81. The molecule has 0 aromatic rings. The Balaban J connectivity index is 2.79. The van der Waals surface area contributed by atoms with E-state index >= 15 is 0 Å². The van der Waals surface area contributed by atoms with Crippen molar-refractivity contribution < 1.29 is 38.1 Å². The molecule has 1 aliphatic heterocycles. The lowest BCUT2D eigenvalue weighted by Gasteiger charge is -2.19. The van der Waals surface area contributed by atoms with E-state index in [0.717, 1.165) is 13.8 Å². The molecule has 0 radical (unpaired) electrons. The van der Waals surface area contributed by atoms with Crippen molar-refractivity contribution in [3.05, 3.63) is 0 Å². The van der Waals surface area contributed by atoms with Gasteiger partial charge in [0.1, 0.15) is 6.61 Å². The molecule has 0 saturated carbocycles. The number of esters is 4. The van der Waals surface area contributed by atoms with Gasteiger partial charge in [-0.25, -0.2) is 4.79 Å². The lowest BCUT2D eigenvalue weighted by Crippen LogP contribution is -2.40. The first-order chi connectivity index (χ1) is 8.81. The Bertz CT molecular complexity index is 401. The highest BCUT2D eigenvalue weighted by molar-refractivity contribution is 5.82. The summed E-state index contributed by atoms with van der Waals surface area (Å²) in [6.07, 6.45) is -3.47. The fourth-order valence-electron chi connectivity index (χ4n) is 1.56. The second kappa shape index (κ2) is 6.17. The highest BCUT2D eigenvalue weighted by atomic mass is 16.7. The Hall–Kier alpha value is -2.12. The summed E-state index contributed by atoms with van der Waals surface area (Å²) in [6, 6.07) is 0. The smallest absolute Gasteiger partial charge is 0.352 e. The third-order valence-electron chi connectivity index (χ3n) is 2.21. The zero-order chi connectivity index (χ0) is 14.6. The molecule has 1 rings (SSSR count). The molecule has 0 N–H and O–H groups in total. The van der Waals surface area contributed by atoms with E-state index in [-0.39, 0.29) is 6.61 Å². The highest BCUT2D eigenvalue weighted by Gasteiger charge is 2.50. The van der Waals surface area contributed by atoms with Gasteiger partial charge in [0.2, 0.25) is 6.10 Å². The number of carbonyl (C=O) groups is 4. The molecular weight excluding hydrogens is 260 g/mol. The standard InChI is InChI=1S/C11H14O8/c1-5(12)16-4-8-9(17-6(2)13)10(11(15)19-8)18-7(3)14/h8-10H,4H2,1-3H3/t8-,9+,10-/m1/s1. The first-order valence-electron chi connectivity index (χ1n) is 5.49. The SMILES string of the molecule is CC(=O)OC[C@H]1OC(=O)[C@H](OC(C)=O)[C@H]1OC(C)=O. The van der Waals surface area contributed by atoms with Gasteiger partial charge in [-0.15, -0.1) is 0 Å². The average Bonchev–Trinajstić information content (AvgIpc) is 2.53. The van der Waals surface area contributed by atoms with E-state index in [1.807, 2.05) is 0 Å². The first-order valence-corrected chi connectivity index (χ1v) is 5.49. The topological polar surface area (TPSA) is 105 Å². The van der Waals surface area contributed by atoms with Crippen molar-refractivity contribution >= 4 is 23.9 Å². The highest BCUT2D eigenvalue weighted by Crippen LogP contribution is 2.23. The minimum absolute atomic E-state index is 0.281. The summed E-state index contributed by atoms with van der Waals surface area (Å²) in [6.45, 7) is 3.14. The van der Waals surface area contributed by atoms with Crippen molar-refractivity contribution in [2.75, 3.05) is 6.61 Å². The molecular formula is C11H14O8. The van der Waals surface area contributed by atoms with Crippen molar-refractivity contribution in [1.82, 2.24) is 0 Å². The van der Waals surface area contributed by atoms with Gasteiger partial charge in [-0.3, -0.25) is 14.4 Å². The molecule has 1 aliphatic rings. The summed E-state index contributed by atoms with van der Waals surface area (Å²) in [5, 5.41) is 0. The Morgan fingerprint density at radius 2 is 1.63 bits per heavy atom. The maximum Gasteiger partial charge on any atom is 0.352 e. The zero-order valence-electron chi connectivity index (χ0n) is 10.7. The van der Waals surface area contributed by atoms with E-state index in [9.17, 15) is 19.2 Å². The summed E-state index contributed by atoms with van der Waals surface area (Å²) in [7, 11) is 0. The molecule has 1 saturated heterocycles. The minimum Gasteiger partial charge on any atom is -0.462 e. The Morgan fingerprint density at radius 1 is 1.05 bits per heavy atom. The van der Waals surface area contributed by atoms with Crippen LogP contribution < -0.4 is 0 Å². The fourth-order valence-corrected chi connectivity index (χ4v) is 1.56. The summed E-state index contributed by atoms with van der Waals surface area (Å²) in [5.41, 5.74) is 0. The molecule has 0 amide bonds. The van der Waals surface area contributed by atoms with Crippen LogP contribution in [0, 0.1) is 0 Å². The van der Waals surface area contributed by atoms with E-state index in [2.05, 4.69) is 0 Å². The summed E-state index contributed by atoms with van der Waals surface area (Å²) in [4.78, 5) is 44.1. The van der Waals surface area contributed by atoms with Crippen LogP contribution >= 0.6 is 0 Å². The number of carbonyl (C=O) groups excluding carboxylic acids is 4. The number of hydrogen-bond donors (Lipinski definition) is 0. The maximum absolute atomic E-state index is 11.5. The van der Waals surface area contributed by atoms with E-state index in [0.29, 0.717) is 0 Å². The van der Waals surface area contributed by atoms with Crippen LogP contribution in [-0.2, 0) is 38.1 Å². The molecule has 3 atom stereocenters. The quantitative estimate of drug-likeness (QED) is 0.491. The van der Waals surface area contributed by atoms with Crippen molar-refractivity contribution in [1.29, 1.82) is 0 Å². The van der Waals surface area contributed by atoms with Gasteiger partial charge in [0.05, 0.1) is 0 Å². The molecule has 19 heavy (non-hydrogen) atoms. The molecule has 8 nitrogen and oxygen atoms in total. The molecule has 0 spiro atoms. The normalized spacial score (nSPS) is 25.4. The van der Waals surface area contributed by atoms with Gasteiger partial charge in [0, 0.05) is 20.8 Å². The van der Waals surface area contributed by atoms with Crippen molar-refractivity contribution in [3.8, 4) is 0 Å². The first kappa shape index (κ1) is 14.9. The Kier molecular flexibility index (Phi) is 4.85. The second-order valence-corrected chi connectivity index (χ2v) is 3.88. The van der Waals surface area contributed by atoms with Crippen molar-refractivity contribution in [2.24, 2.45) is 0 Å². The van der Waals surface area contributed by atoms with Crippen molar-refractivity contribution in [3.63, 3.8) is 0 Å². The molecule has 0 aromatic heterocycles. The van der Waals surface area contributed by atoms with Crippen LogP contribution in [0.4, 0.5) is 0 Å². The van der Waals surface area contributed by atoms with Crippen LogP contribution in [-0.4, -0.2) is 48.8 Å². The van der Waals surface area contributed by atoms with Crippen LogP contribution in [0.1, 0.15) is 20.8 Å². The third kappa shape index (κ3) is 4.23. The fraction of sp³-hybridized carbons (Fsp3) is 0.636. The Labute approximate surface area is 108 Å². The third-order valence-corrected chi connectivity index (χ3v) is 2.21. The molecule has 8 heteroatoms. The molecule has 0 bridgehead atoms. The average molecular weight is 274 g/mol. The van der Waals surface area contributed by atoms with Gasteiger partial charge in [0.15, 0.2) is 12.2 Å². The van der Waals surface area contributed by atoms with Gasteiger partial charge in [0.25, 0.3) is 0 Å². The van der Waals surface area contributed by atoms with Gasteiger partial charge in [-0.05, 0) is 0 Å². The molecule has 0 aliphatic carbocycles. The molecule has 0 unspecified atom stereocenters.